The Morgan fingerprint density at radius 3 is 2.86 bits per heavy atom. The number of carbonyl (C=O) groups is 1. The fraction of sp³-hybridized carbons (Fsp3) is 0.400. The summed E-state index contributed by atoms with van der Waals surface area (Å²) >= 11 is 3.40. The van der Waals surface area contributed by atoms with Crippen molar-refractivity contribution in [3.05, 3.63) is 28.9 Å². The van der Waals surface area contributed by atoms with Gasteiger partial charge in [-0.2, -0.15) is 4.98 Å². The van der Waals surface area contributed by atoms with E-state index < -0.39 is 11.7 Å². The number of alkyl carbamates (subject to hydrolysis) is 1. The molecule has 0 radical (unpaired) electrons. The van der Waals surface area contributed by atoms with E-state index in [-0.39, 0.29) is 12.6 Å². The van der Waals surface area contributed by atoms with Gasteiger partial charge in [0.15, 0.2) is 0 Å². The molecule has 0 unspecified atom stereocenters. The maximum absolute atomic E-state index is 11.5. The summed E-state index contributed by atoms with van der Waals surface area (Å²) in [5, 5.41) is 3.54. The normalized spacial score (nSPS) is 11.3. The number of nitrogens with one attached hydrogen (secondary N) is 1. The van der Waals surface area contributed by atoms with Gasteiger partial charge in [-0.3, -0.25) is 0 Å². The minimum atomic E-state index is -0.514. The molecule has 1 aromatic carbocycles. The highest BCUT2D eigenvalue weighted by Crippen LogP contribution is 2.18. The van der Waals surface area contributed by atoms with Crippen LogP contribution in [0.1, 0.15) is 20.8 Å². The zero-order valence-corrected chi connectivity index (χ0v) is 14.3. The molecule has 0 aliphatic rings. The van der Waals surface area contributed by atoms with Crippen molar-refractivity contribution in [2.45, 2.75) is 26.4 Å². The average Bonchev–Trinajstić information content (AvgIpc) is 2.41. The Bertz CT molecular complexity index is 671. The number of aromatic nitrogens is 2. The summed E-state index contributed by atoms with van der Waals surface area (Å²) in [6.07, 6.45) is 1.23. The van der Waals surface area contributed by atoms with Crippen molar-refractivity contribution in [1.29, 1.82) is 0 Å². The number of rotatable bonds is 4. The largest absolute Gasteiger partial charge is 0.462 e. The molecule has 1 amide bonds. The number of hydrogen-bond donors (Lipinski definition) is 1. The maximum Gasteiger partial charge on any atom is 0.407 e. The van der Waals surface area contributed by atoms with Gasteiger partial charge in [0.05, 0.1) is 12.1 Å². The highest BCUT2D eigenvalue weighted by molar-refractivity contribution is 9.10. The number of amides is 1. The fourth-order valence-corrected chi connectivity index (χ4v) is 2.01. The fourth-order valence-electron chi connectivity index (χ4n) is 1.66. The van der Waals surface area contributed by atoms with Crippen molar-refractivity contribution >= 4 is 32.9 Å². The van der Waals surface area contributed by atoms with Gasteiger partial charge >= 0.3 is 12.1 Å². The SMILES string of the molecule is CC(C)(C)OC(=O)NCCOc1ncc2ccc(Br)cc2n1. The van der Waals surface area contributed by atoms with E-state index in [1.165, 1.54) is 0 Å². The zero-order chi connectivity index (χ0) is 16.2. The highest BCUT2D eigenvalue weighted by atomic mass is 79.9. The second-order valence-electron chi connectivity index (χ2n) is 5.63. The number of ether oxygens (including phenoxy) is 2. The maximum atomic E-state index is 11.5. The first-order valence-corrected chi connectivity index (χ1v) is 7.65. The van der Waals surface area contributed by atoms with Crippen LogP contribution in [0.25, 0.3) is 10.9 Å². The molecular weight excluding hydrogens is 350 g/mol. The molecule has 0 fully saturated rings. The van der Waals surface area contributed by atoms with Gasteiger partial charge in [-0.05, 0) is 32.9 Å². The summed E-state index contributed by atoms with van der Waals surface area (Å²) in [6, 6.07) is 6.02. The molecule has 118 valence electrons. The van der Waals surface area contributed by atoms with Crippen LogP contribution in [0.5, 0.6) is 6.01 Å². The van der Waals surface area contributed by atoms with Gasteiger partial charge in [0.2, 0.25) is 0 Å². The van der Waals surface area contributed by atoms with Crippen LogP contribution >= 0.6 is 15.9 Å². The van der Waals surface area contributed by atoms with Crippen LogP contribution in [0.3, 0.4) is 0 Å². The molecule has 2 rings (SSSR count). The van der Waals surface area contributed by atoms with E-state index in [1.54, 1.807) is 6.20 Å². The lowest BCUT2D eigenvalue weighted by Gasteiger charge is -2.19. The van der Waals surface area contributed by atoms with Gasteiger partial charge in [0.1, 0.15) is 12.2 Å². The molecule has 0 aliphatic carbocycles. The second kappa shape index (κ2) is 6.91. The van der Waals surface area contributed by atoms with Gasteiger partial charge in [-0.1, -0.05) is 22.0 Å². The van der Waals surface area contributed by atoms with E-state index in [0.717, 1.165) is 15.4 Å². The smallest absolute Gasteiger partial charge is 0.407 e. The summed E-state index contributed by atoms with van der Waals surface area (Å²) in [6.45, 7) is 6.01. The molecule has 1 N–H and O–H groups in total. The molecule has 6 nitrogen and oxygen atoms in total. The Labute approximate surface area is 137 Å². The topological polar surface area (TPSA) is 73.3 Å². The van der Waals surface area contributed by atoms with E-state index in [4.69, 9.17) is 9.47 Å². The van der Waals surface area contributed by atoms with Crippen LogP contribution in [0.2, 0.25) is 0 Å². The van der Waals surface area contributed by atoms with E-state index in [1.807, 2.05) is 39.0 Å². The molecule has 2 aromatic rings. The third kappa shape index (κ3) is 5.14. The van der Waals surface area contributed by atoms with Crippen LogP contribution < -0.4 is 10.1 Å². The first-order valence-electron chi connectivity index (χ1n) is 6.85. The molecule has 0 saturated heterocycles. The van der Waals surface area contributed by atoms with Crippen LogP contribution in [0, 0.1) is 0 Å². The Kier molecular flexibility index (Phi) is 5.18. The lowest BCUT2D eigenvalue weighted by molar-refractivity contribution is 0.0519. The van der Waals surface area contributed by atoms with Crippen LogP contribution in [-0.2, 0) is 4.74 Å². The number of carbonyl (C=O) groups excluding carboxylic acids is 1. The summed E-state index contributed by atoms with van der Waals surface area (Å²) in [7, 11) is 0. The van der Waals surface area contributed by atoms with Crippen LogP contribution in [0.15, 0.2) is 28.9 Å². The standard InChI is InChI=1S/C15H18BrN3O3/c1-15(2,3)22-14(20)17-6-7-21-13-18-9-10-4-5-11(16)8-12(10)19-13/h4-5,8-9H,6-7H2,1-3H3,(H,17,20). The third-order valence-electron chi connectivity index (χ3n) is 2.52. The Morgan fingerprint density at radius 1 is 1.36 bits per heavy atom. The molecule has 1 aromatic heterocycles. The summed E-state index contributed by atoms with van der Waals surface area (Å²) < 4.78 is 11.5. The van der Waals surface area contributed by atoms with E-state index >= 15 is 0 Å². The number of halogens is 1. The highest BCUT2D eigenvalue weighted by Gasteiger charge is 2.15. The third-order valence-corrected chi connectivity index (χ3v) is 3.02. The van der Waals surface area contributed by atoms with Crippen molar-refractivity contribution in [2.24, 2.45) is 0 Å². The van der Waals surface area contributed by atoms with Gasteiger partial charge in [0, 0.05) is 16.1 Å². The predicted molar refractivity (Wildman–Crippen MR) is 87.0 cm³/mol. The summed E-state index contributed by atoms with van der Waals surface area (Å²) in [4.78, 5) is 19.9. The quantitative estimate of drug-likeness (QED) is 0.839. The zero-order valence-electron chi connectivity index (χ0n) is 12.7. The molecule has 0 saturated carbocycles. The van der Waals surface area contributed by atoms with Gasteiger partial charge in [-0.15, -0.1) is 0 Å². The number of fused-ring (bicyclic) bond motifs is 1. The van der Waals surface area contributed by atoms with Crippen molar-refractivity contribution in [3.8, 4) is 6.01 Å². The first kappa shape index (κ1) is 16.5. The minimum absolute atomic E-state index is 0.263. The van der Waals surface area contributed by atoms with Crippen LogP contribution in [-0.4, -0.2) is 34.8 Å². The molecular formula is C15H18BrN3O3. The van der Waals surface area contributed by atoms with Gasteiger partial charge in [0.25, 0.3) is 0 Å². The Balaban J connectivity index is 1.83. The van der Waals surface area contributed by atoms with Crippen molar-refractivity contribution in [1.82, 2.24) is 15.3 Å². The molecule has 22 heavy (non-hydrogen) atoms. The summed E-state index contributed by atoms with van der Waals surface area (Å²) in [5.74, 6) is 0. The molecule has 0 bridgehead atoms. The molecule has 1 heterocycles. The van der Waals surface area contributed by atoms with Crippen molar-refractivity contribution in [3.63, 3.8) is 0 Å². The molecule has 7 heteroatoms. The van der Waals surface area contributed by atoms with Crippen molar-refractivity contribution < 1.29 is 14.3 Å². The average molecular weight is 368 g/mol. The Morgan fingerprint density at radius 2 is 2.14 bits per heavy atom. The number of hydrogen-bond acceptors (Lipinski definition) is 5. The molecule has 0 atom stereocenters. The lowest BCUT2D eigenvalue weighted by atomic mass is 10.2. The van der Waals surface area contributed by atoms with Gasteiger partial charge < -0.3 is 14.8 Å². The first-order chi connectivity index (χ1) is 10.3. The number of nitrogens with zero attached hydrogens (tertiary/aromatic N) is 2. The van der Waals surface area contributed by atoms with Crippen LogP contribution in [0.4, 0.5) is 4.79 Å². The second-order valence-corrected chi connectivity index (χ2v) is 6.55. The monoisotopic (exact) mass is 367 g/mol. The molecule has 0 aliphatic heterocycles. The number of benzene rings is 1. The van der Waals surface area contributed by atoms with Crippen molar-refractivity contribution in [2.75, 3.05) is 13.2 Å². The van der Waals surface area contributed by atoms with E-state index in [0.29, 0.717) is 6.54 Å². The Hall–Kier alpha value is -1.89. The minimum Gasteiger partial charge on any atom is -0.462 e. The van der Waals surface area contributed by atoms with E-state index in [9.17, 15) is 4.79 Å². The van der Waals surface area contributed by atoms with E-state index in [2.05, 4.69) is 31.2 Å². The van der Waals surface area contributed by atoms with Gasteiger partial charge in [-0.25, -0.2) is 9.78 Å². The predicted octanol–water partition coefficient (Wildman–Crippen LogP) is 3.30. The molecule has 0 spiro atoms. The summed E-state index contributed by atoms with van der Waals surface area (Å²) in [5.41, 5.74) is 0.277. The lowest BCUT2D eigenvalue weighted by Crippen LogP contribution is -2.34.